The van der Waals surface area contributed by atoms with Crippen molar-refractivity contribution in [3.05, 3.63) is 40.5 Å². The van der Waals surface area contributed by atoms with E-state index in [2.05, 4.69) is 57.8 Å². The van der Waals surface area contributed by atoms with E-state index < -0.39 is 0 Å². The Labute approximate surface area is 198 Å². The van der Waals surface area contributed by atoms with Crippen molar-refractivity contribution in [2.75, 3.05) is 6.61 Å². The number of nitrogens with zero attached hydrogens (tertiary/aromatic N) is 5. The van der Waals surface area contributed by atoms with Gasteiger partial charge >= 0.3 is 0 Å². The Balaban J connectivity index is 0.000000291. The molecule has 1 aliphatic heterocycles. The zero-order valence-corrected chi connectivity index (χ0v) is 22.0. The van der Waals surface area contributed by atoms with E-state index in [1.54, 1.807) is 6.20 Å². The molecule has 1 unspecified atom stereocenters. The van der Waals surface area contributed by atoms with Gasteiger partial charge in [0.15, 0.2) is 5.65 Å². The molecule has 33 heavy (non-hydrogen) atoms. The molecule has 4 heterocycles. The quantitative estimate of drug-likeness (QED) is 0.556. The third-order valence-electron chi connectivity index (χ3n) is 4.87. The maximum Gasteiger partial charge on any atom is 0.159 e. The van der Waals surface area contributed by atoms with Crippen LogP contribution in [-0.4, -0.2) is 48.0 Å². The highest BCUT2D eigenvalue weighted by Crippen LogP contribution is 2.26. The molecule has 4 rings (SSSR count). The molecule has 0 bridgehead atoms. The van der Waals surface area contributed by atoms with Gasteiger partial charge in [0.25, 0.3) is 0 Å². The predicted octanol–water partition coefficient (Wildman–Crippen LogP) is 5.18. The van der Waals surface area contributed by atoms with Crippen LogP contribution in [0, 0.1) is 13.8 Å². The minimum atomic E-state index is -0.109. The number of nitrogens with one attached hydrogen (secondary N) is 1. The molecule has 8 heteroatoms. The number of aryl methyl sites for hydroxylation is 2. The normalized spacial score (nSPS) is 14.5. The van der Waals surface area contributed by atoms with Gasteiger partial charge in [-0.2, -0.15) is 5.10 Å². The average molecular weight is 459 g/mol. The Morgan fingerprint density at radius 2 is 1.52 bits per heavy atom. The summed E-state index contributed by atoms with van der Waals surface area (Å²) < 4.78 is 5.55. The van der Waals surface area contributed by atoms with Gasteiger partial charge in [0.2, 0.25) is 0 Å². The van der Waals surface area contributed by atoms with E-state index in [1.807, 2.05) is 41.5 Å². The largest absolute Gasteiger partial charge is 0.394 e. The summed E-state index contributed by atoms with van der Waals surface area (Å²) in [4.78, 5) is 17.6. The van der Waals surface area contributed by atoms with Crippen LogP contribution in [-0.2, 0) is 17.8 Å². The highest BCUT2D eigenvalue weighted by Gasteiger charge is 2.24. The Morgan fingerprint density at radius 3 is 2.09 bits per heavy atom. The molecule has 2 N–H and O–H groups in total. The number of aliphatic hydroxyl groups is 1. The Kier molecular flexibility index (Phi) is 12.1. The summed E-state index contributed by atoms with van der Waals surface area (Å²) in [6.45, 7) is 20.9. The van der Waals surface area contributed by atoms with E-state index in [1.165, 1.54) is 0 Å². The van der Waals surface area contributed by atoms with Crippen LogP contribution in [0.3, 0.4) is 0 Å². The Bertz CT molecular complexity index is 984. The second kappa shape index (κ2) is 14.0. The highest BCUT2D eigenvalue weighted by atomic mass is 16.5. The van der Waals surface area contributed by atoms with Crippen molar-refractivity contribution in [1.29, 1.82) is 0 Å². The van der Waals surface area contributed by atoms with Crippen LogP contribution in [0.5, 0.6) is 0 Å². The summed E-state index contributed by atoms with van der Waals surface area (Å²) in [5.41, 5.74) is 5.14. The van der Waals surface area contributed by atoms with Crippen LogP contribution in [0.4, 0.5) is 0 Å². The van der Waals surface area contributed by atoms with Crippen LogP contribution in [0.15, 0.2) is 6.20 Å². The molecule has 3 aromatic heterocycles. The van der Waals surface area contributed by atoms with Crippen LogP contribution in [0.2, 0.25) is 0 Å². The van der Waals surface area contributed by atoms with Crippen LogP contribution in [0.1, 0.15) is 102 Å². The van der Waals surface area contributed by atoms with Crippen molar-refractivity contribution in [2.45, 2.75) is 100 Å². The van der Waals surface area contributed by atoms with Gasteiger partial charge in [-0.3, -0.25) is 5.10 Å². The third kappa shape index (κ3) is 7.54. The molecular formula is C25H42N6O2. The van der Waals surface area contributed by atoms with E-state index in [-0.39, 0.29) is 12.7 Å². The molecule has 0 amide bonds. The second-order valence-corrected chi connectivity index (χ2v) is 8.00. The lowest BCUT2D eigenvalue weighted by Crippen LogP contribution is -2.28. The number of hydrogen-bond acceptors (Lipinski definition) is 7. The molecule has 1 aliphatic rings. The van der Waals surface area contributed by atoms with Crippen molar-refractivity contribution in [2.24, 2.45) is 0 Å². The van der Waals surface area contributed by atoms with Crippen molar-refractivity contribution in [1.82, 2.24) is 30.1 Å². The lowest BCUT2D eigenvalue weighted by molar-refractivity contribution is -0.00895. The minimum absolute atomic E-state index is 0.0551. The van der Waals surface area contributed by atoms with Crippen LogP contribution >= 0.6 is 0 Å². The first-order valence-electron chi connectivity index (χ1n) is 12.1. The van der Waals surface area contributed by atoms with Gasteiger partial charge in [0, 0.05) is 12.0 Å². The summed E-state index contributed by atoms with van der Waals surface area (Å²) in [6, 6.07) is 0. The fourth-order valence-corrected chi connectivity index (χ4v) is 3.49. The minimum Gasteiger partial charge on any atom is -0.394 e. The van der Waals surface area contributed by atoms with Gasteiger partial charge in [-0.05, 0) is 25.7 Å². The number of aliphatic hydroxyl groups excluding tert-OH is 1. The maximum absolute atomic E-state index is 9.10. The summed E-state index contributed by atoms with van der Waals surface area (Å²) in [5.74, 6) is 2.38. The van der Waals surface area contributed by atoms with Gasteiger partial charge in [0.05, 0.1) is 48.0 Å². The van der Waals surface area contributed by atoms with Gasteiger partial charge < -0.3 is 9.84 Å². The first kappa shape index (κ1) is 28.6. The monoisotopic (exact) mass is 458 g/mol. The maximum atomic E-state index is 9.10. The SMILES string of the molecule is CC.CC.Cc1nc(C(C)C)c2cn[nH]c2n1.Cc1nc2c(c(C(C)C)n1)COC(CO)C2. The second-order valence-electron chi connectivity index (χ2n) is 8.00. The van der Waals surface area contributed by atoms with Crippen molar-refractivity contribution in [3.63, 3.8) is 0 Å². The molecule has 1 atom stereocenters. The topological polar surface area (TPSA) is 110 Å². The lowest BCUT2D eigenvalue weighted by atomic mass is 9.98. The Morgan fingerprint density at radius 1 is 0.939 bits per heavy atom. The predicted molar refractivity (Wildman–Crippen MR) is 133 cm³/mol. The fourth-order valence-electron chi connectivity index (χ4n) is 3.49. The third-order valence-corrected chi connectivity index (χ3v) is 4.87. The first-order valence-corrected chi connectivity index (χ1v) is 12.1. The molecule has 0 saturated heterocycles. The number of hydrogen-bond donors (Lipinski definition) is 2. The van der Waals surface area contributed by atoms with Crippen molar-refractivity contribution in [3.8, 4) is 0 Å². The summed E-state index contributed by atoms with van der Waals surface area (Å²) in [7, 11) is 0. The Hall–Kier alpha value is -2.45. The van der Waals surface area contributed by atoms with Crippen LogP contribution in [0.25, 0.3) is 11.0 Å². The van der Waals surface area contributed by atoms with Crippen LogP contribution < -0.4 is 0 Å². The summed E-state index contributed by atoms with van der Waals surface area (Å²) in [6.07, 6.45) is 2.36. The lowest BCUT2D eigenvalue weighted by Gasteiger charge is -2.25. The van der Waals surface area contributed by atoms with E-state index >= 15 is 0 Å². The number of H-pyrrole nitrogens is 1. The van der Waals surface area contributed by atoms with E-state index in [4.69, 9.17) is 9.84 Å². The molecule has 0 spiro atoms. The number of fused-ring (bicyclic) bond motifs is 2. The molecular weight excluding hydrogens is 416 g/mol. The molecule has 0 fully saturated rings. The zero-order chi connectivity index (χ0) is 25.1. The van der Waals surface area contributed by atoms with Crippen molar-refractivity contribution < 1.29 is 9.84 Å². The number of aromatic nitrogens is 6. The fraction of sp³-hybridized carbons (Fsp3) is 0.640. The molecule has 3 aromatic rings. The summed E-state index contributed by atoms with van der Waals surface area (Å²) >= 11 is 0. The van der Waals surface area contributed by atoms with Gasteiger partial charge in [-0.25, -0.2) is 19.9 Å². The summed E-state index contributed by atoms with van der Waals surface area (Å²) in [5, 5.41) is 16.9. The van der Waals surface area contributed by atoms with E-state index in [0.29, 0.717) is 24.9 Å². The van der Waals surface area contributed by atoms with Crippen molar-refractivity contribution >= 4 is 11.0 Å². The standard InChI is InChI=1S/C12H18N2O2.C9H12N4.2C2H6/c1-7(2)12-10-6-16-9(5-15)4-11(10)13-8(3)14-12;1-5(2)8-7-4-10-13-9(7)12-6(3)11-8;2*1-2/h7,9,15H,4-6H2,1-3H3;4-5H,1-3H3,(H,10,11,12,13);2*1-2H3. The average Bonchev–Trinajstić information content (AvgIpc) is 3.28. The molecule has 0 aliphatic carbocycles. The molecule has 0 aromatic carbocycles. The molecule has 8 nitrogen and oxygen atoms in total. The number of aromatic amines is 1. The number of rotatable bonds is 3. The van der Waals surface area contributed by atoms with E-state index in [0.717, 1.165) is 45.3 Å². The first-order chi connectivity index (χ1) is 15.8. The number of ether oxygens (including phenoxy) is 1. The van der Waals surface area contributed by atoms with Gasteiger partial charge in [-0.15, -0.1) is 0 Å². The van der Waals surface area contributed by atoms with Gasteiger partial charge in [0.1, 0.15) is 11.6 Å². The smallest absolute Gasteiger partial charge is 0.159 e. The zero-order valence-electron chi connectivity index (χ0n) is 22.0. The van der Waals surface area contributed by atoms with E-state index in [9.17, 15) is 0 Å². The molecule has 0 radical (unpaired) electrons. The highest BCUT2D eigenvalue weighted by molar-refractivity contribution is 5.76. The molecule has 0 saturated carbocycles. The molecule has 184 valence electrons. The van der Waals surface area contributed by atoms with Gasteiger partial charge in [-0.1, -0.05) is 55.4 Å².